The molecule has 1 aliphatic heterocycles. The van der Waals surface area contributed by atoms with Crippen molar-refractivity contribution in [3.8, 4) is 0 Å². The van der Waals surface area contributed by atoms with Gasteiger partial charge in [-0.3, -0.25) is 9.80 Å². The smallest absolute Gasteiger partial charge is 0.223 e. The van der Waals surface area contributed by atoms with E-state index in [1.54, 1.807) is 5.01 Å². The molecule has 0 unspecified atom stereocenters. The highest BCUT2D eigenvalue weighted by molar-refractivity contribution is 5.45. The summed E-state index contributed by atoms with van der Waals surface area (Å²) in [5.41, 5.74) is 3.00. The normalized spacial score (nSPS) is 21.1. The first-order valence-corrected chi connectivity index (χ1v) is 3.39. The van der Waals surface area contributed by atoms with Crippen molar-refractivity contribution in [3.05, 3.63) is 0 Å². The van der Waals surface area contributed by atoms with E-state index >= 15 is 0 Å². The van der Waals surface area contributed by atoms with Gasteiger partial charge < -0.3 is 0 Å². The zero-order valence-corrected chi connectivity index (χ0v) is 5.47. The molecule has 0 aromatic carbocycles. The van der Waals surface area contributed by atoms with E-state index in [1.165, 1.54) is 12.8 Å². The molecule has 1 amide bonds. The van der Waals surface area contributed by atoms with Gasteiger partial charge in [0.1, 0.15) is 0 Å². The first-order valence-electron chi connectivity index (χ1n) is 3.39. The summed E-state index contributed by atoms with van der Waals surface area (Å²) >= 11 is 0. The number of hydrazine groups is 1. The zero-order valence-electron chi connectivity index (χ0n) is 5.47. The fraction of sp³-hybridized carbons (Fsp3) is 0.833. The van der Waals surface area contributed by atoms with E-state index in [9.17, 15) is 4.79 Å². The molecule has 0 spiro atoms. The molecule has 1 rings (SSSR count). The summed E-state index contributed by atoms with van der Waals surface area (Å²) in [5.74, 6) is 0. The number of carbonyl (C=O) groups excluding carboxylic acids is 1. The van der Waals surface area contributed by atoms with Gasteiger partial charge in [-0.1, -0.05) is 6.42 Å². The quantitative estimate of drug-likeness (QED) is 0.509. The molecular formula is C6H12N2O. The van der Waals surface area contributed by atoms with Crippen LogP contribution in [0.25, 0.3) is 0 Å². The standard InChI is InChI=1S/C6H12N2O/c9-6-8-5-3-1-2-4-7-8/h6-7H,1-5H2. The van der Waals surface area contributed by atoms with Gasteiger partial charge in [0.25, 0.3) is 0 Å². The van der Waals surface area contributed by atoms with Crippen LogP contribution < -0.4 is 5.43 Å². The zero-order chi connectivity index (χ0) is 6.53. The van der Waals surface area contributed by atoms with E-state index in [4.69, 9.17) is 0 Å². The van der Waals surface area contributed by atoms with E-state index in [-0.39, 0.29) is 0 Å². The topological polar surface area (TPSA) is 32.3 Å². The third kappa shape index (κ3) is 2.01. The molecular weight excluding hydrogens is 116 g/mol. The minimum atomic E-state index is 0.852. The van der Waals surface area contributed by atoms with Crippen molar-refractivity contribution in [2.45, 2.75) is 19.3 Å². The third-order valence-corrected chi connectivity index (χ3v) is 1.52. The highest BCUT2D eigenvalue weighted by Gasteiger charge is 2.03. The molecule has 1 aliphatic rings. The van der Waals surface area contributed by atoms with Crippen molar-refractivity contribution in [1.29, 1.82) is 0 Å². The fourth-order valence-corrected chi connectivity index (χ4v) is 0.976. The molecule has 1 N–H and O–H groups in total. The predicted octanol–water partition coefficient (Wildman–Crippen LogP) is 0.133. The molecule has 0 radical (unpaired) electrons. The molecule has 1 fully saturated rings. The molecule has 1 saturated heterocycles. The van der Waals surface area contributed by atoms with Crippen LogP contribution in [0.2, 0.25) is 0 Å². The first-order chi connectivity index (χ1) is 4.43. The molecule has 3 nitrogen and oxygen atoms in total. The van der Waals surface area contributed by atoms with Crippen molar-refractivity contribution in [3.63, 3.8) is 0 Å². The SMILES string of the molecule is O=CN1CCCCCN1. The van der Waals surface area contributed by atoms with Crippen LogP contribution in [0.4, 0.5) is 0 Å². The highest BCUT2D eigenvalue weighted by Crippen LogP contribution is 1.99. The van der Waals surface area contributed by atoms with Gasteiger partial charge >= 0.3 is 0 Å². The number of hydrogen-bond donors (Lipinski definition) is 1. The van der Waals surface area contributed by atoms with Gasteiger partial charge in [0.15, 0.2) is 0 Å². The largest absolute Gasteiger partial charge is 0.281 e. The van der Waals surface area contributed by atoms with Gasteiger partial charge in [-0.2, -0.15) is 0 Å². The molecule has 0 saturated carbocycles. The Labute approximate surface area is 55.0 Å². The van der Waals surface area contributed by atoms with Crippen molar-refractivity contribution < 1.29 is 4.79 Å². The Balaban J connectivity index is 2.26. The van der Waals surface area contributed by atoms with Crippen molar-refractivity contribution in [2.24, 2.45) is 0 Å². The predicted molar refractivity (Wildman–Crippen MR) is 34.6 cm³/mol. The van der Waals surface area contributed by atoms with Crippen LogP contribution >= 0.6 is 0 Å². The van der Waals surface area contributed by atoms with Crippen LogP contribution in [0, 0.1) is 0 Å². The first kappa shape index (κ1) is 6.55. The molecule has 1 heterocycles. The molecule has 0 bridgehead atoms. The van der Waals surface area contributed by atoms with Crippen molar-refractivity contribution in [1.82, 2.24) is 10.4 Å². The summed E-state index contributed by atoms with van der Waals surface area (Å²) in [6.45, 7) is 1.81. The van der Waals surface area contributed by atoms with Crippen LogP contribution in [0.1, 0.15) is 19.3 Å². The fourth-order valence-electron chi connectivity index (χ4n) is 0.976. The number of hydrogen-bond acceptors (Lipinski definition) is 2. The minimum absolute atomic E-state index is 0.852. The Bertz CT molecular complexity index is 87.1. The summed E-state index contributed by atoms with van der Waals surface area (Å²) in [6.07, 6.45) is 4.40. The Morgan fingerprint density at radius 1 is 1.33 bits per heavy atom. The molecule has 0 atom stereocenters. The summed E-state index contributed by atoms with van der Waals surface area (Å²) in [7, 11) is 0. The Hall–Kier alpha value is -0.570. The summed E-state index contributed by atoms with van der Waals surface area (Å²) in [6, 6.07) is 0. The third-order valence-electron chi connectivity index (χ3n) is 1.52. The second-order valence-electron chi connectivity index (χ2n) is 2.27. The Kier molecular flexibility index (Phi) is 2.51. The lowest BCUT2D eigenvalue weighted by Gasteiger charge is -2.13. The van der Waals surface area contributed by atoms with Gasteiger partial charge in [-0.05, 0) is 12.8 Å². The summed E-state index contributed by atoms with van der Waals surface area (Å²) < 4.78 is 0. The average molecular weight is 128 g/mol. The maximum atomic E-state index is 10.2. The van der Waals surface area contributed by atoms with E-state index in [0.717, 1.165) is 25.9 Å². The summed E-state index contributed by atoms with van der Waals surface area (Å²) in [4.78, 5) is 10.2. The molecule has 9 heavy (non-hydrogen) atoms. The maximum Gasteiger partial charge on any atom is 0.223 e. The van der Waals surface area contributed by atoms with Crippen molar-refractivity contribution >= 4 is 6.41 Å². The average Bonchev–Trinajstić information content (AvgIpc) is 2.13. The minimum Gasteiger partial charge on any atom is -0.281 e. The van der Waals surface area contributed by atoms with E-state index in [1.807, 2.05) is 0 Å². The second-order valence-corrected chi connectivity index (χ2v) is 2.27. The van der Waals surface area contributed by atoms with Gasteiger partial charge in [-0.25, -0.2) is 5.43 Å². The van der Waals surface area contributed by atoms with E-state index in [2.05, 4.69) is 5.43 Å². The van der Waals surface area contributed by atoms with Crippen molar-refractivity contribution in [2.75, 3.05) is 13.1 Å². The monoisotopic (exact) mass is 128 g/mol. The van der Waals surface area contributed by atoms with E-state index in [0.29, 0.717) is 0 Å². The van der Waals surface area contributed by atoms with Crippen LogP contribution in [0.15, 0.2) is 0 Å². The van der Waals surface area contributed by atoms with E-state index < -0.39 is 0 Å². The number of nitrogens with zero attached hydrogens (tertiary/aromatic N) is 1. The van der Waals surface area contributed by atoms with Gasteiger partial charge in [0.2, 0.25) is 6.41 Å². The lowest BCUT2D eigenvalue weighted by molar-refractivity contribution is -0.120. The van der Waals surface area contributed by atoms with Crippen LogP contribution in [-0.4, -0.2) is 24.5 Å². The molecule has 52 valence electrons. The second kappa shape index (κ2) is 3.45. The van der Waals surface area contributed by atoms with Gasteiger partial charge in [-0.15, -0.1) is 0 Å². The molecule has 0 aromatic heterocycles. The highest BCUT2D eigenvalue weighted by atomic mass is 16.1. The summed E-state index contributed by atoms with van der Waals surface area (Å²) in [5, 5.41) is 1.62. The lowest BCUT2D eigenvalue weighted by Crippen LogP contribution is -2.36. The van der Waals surface area contributed by atoms with Gasteiger partial charge in [0, 0.05) is 13.1 Å². The van der Waals surface area contributed by atoms with Crippen LogP contribution in [0.3, 0.4) is 0 Å². The molecule has 3 heteroatoms. The molecule has 0 aromatic rings. The van der Waals surface area contributed by atoms with Crippen LogP contribution in [-0.2, 0) is 4.79 Å². The number of rotatable bonds is 1. The van der Waals surface area contributed by atoms with Gasteiger partial charge in [0.05, 0.1) is 0 Å². The number of amides is 1. The molecule has 0 aliphatic carbocycles. The Morgan fingerprint density at radius 3 is 3.00 bits per heavy atom. The number of carbonyl (C=O) groups is 1. The Morgan fingerprint density at radius 2 is 2.22 bits per heavy atom. The number of nitrogens with one attached hydrogen (secondary N) is 1. The maximum absolute atomic E-state index is 10.2. The lowest BCUT2D eigenvalue weighted by atomic mass is 10.2. The van der Waals surface area contributed by atoms with Crippen LogP contribution in [0.5, 0.6) is 0 Å².